The largest absolute Gasteiger partial charge is 0.491 e. The molecule has 1 unspecified atom stereocenters. The summed E-state index contributed by atoms with van der Waals surface area (Å²) in [4.78, 5) is 12.1. The van der Waals surface area contributed by atoms with E-state index in [2.05, 4.69) is 5.32 Å². The first-order valence-corrected chi connectivity index (χ1v) is 7.26. The summed E-state index contributed by atoms with van der Waals surface area (Å²) in [7, 11) is 3.17. The summed E-state index contributed by atoms with van der Waals surface area (Å²) in [5.41, 5.74) is 0.290. The van der Waals surface area contributed by atoms with Crippen LogP contribution in [0.5, 0.6) is 5.75 Å². The second kappa shape index (κ2) is 6.91. The second-order valence-electron chi connectivity index (χ2n) is 5.39. The zero-order valence-electron chi connectivity index (χ0n) is 12.6. The Morgan fingerprint density at radius 3 is 2.52 bits per heavy atom. The van der Waals surface area contributed by atoms with Gasteiger partial charge in [0.2, 0.25) is 0 Å². The lowest BCUT2D eigenvalue weighted by atomic mass is 9.94. The van der Waals surface area contributed by atoms with Crippen molar-refractivity contribution < 1.29 is 19.4 Å². The molecule has 0 radical (unpaired) electrons. The zero-order valence-corrected chi connectivity index (χ0v) is 12.6. The van der Waals surface area contributed by atoms with E-state index in [0.717, 1.165) is 18.4 Å². The number of nitrogens with one attached hydrogen (secondary N) is 1. The van der Waals surface area contributed by atoms with E-state index in [1.54, 1.807) is 7.05 Å². The monoisotopic (exact) mass is 293 g/mol. The number of carbonyl (C=O) groups excluding carboxylic acids is 1. The number of aliphatic hydroxyl groups excluding tert-OH is 1. The van der Waals surface area contributed by atoms with Crippen molar-refractivity contribution in [1.82, 2.24) is 5.32 Å². The molecule has 1 aromatic rings. The van der Waals surface area contributed by atoms with Gasteiger partial charge < -0.3 is 19.9 Å². The minimum absolute atomic E-state index is 0.132. The van der Waals surface area contributed by atoms with Gasteiger partial charge in [-0.15, -0.1) is 0 Å². The van der Waals surface area contributed by atoms with Crippen molar-refractivity contribution in [2.45, 2.75) is 24.8 Å². The average molecular weight is 293 g/mol. The highest BCUT2D eigenvalue weighted by Gasteiger charge is 2.51. The van der Waals surface area contributed by atoms with Gasteiger partial charge in [-0.3, -0.25) is 0 Å². The number of aliphatic hydroxyl groups is 1. The first kappa shape index (κ1) is 15.8. The van der Waals surface area contributed by atoms with E-state index in [0.29, 0.717) is 12.2 Å². The van der Waals surface area contributed by atoms with E-state index in [4.69, 9.17) is 14.6 Å². The fourth-order valence-electron chi connectivity index (χ4n) is 2.56. The van der Waals surface area contributed by atoms with Gasteiger partial charge in [-0.1, -0.05) is 12.1 Å². The highest BCUT2D eigenvalue weighted by molar-refractivity contribution is 5.82. The van der Waals surface area contributed by atoms with E-state index >= 15 is 0 Å². The van der Waals surface area contributed by atoms with Gasteiger partial charge in [-0.2, -0.15) is 0 Å². The summed E-state index contributed by atoms with van der Waals surface area (Å²) in [5, 5.41) is 12.0. The van der Waals surface area contributed by atoms with Crippen LogP contribution in [0, 0.1) is 5.92 Å². The Bertz CT molecular complexity index is 470. The smallest absolute Gasteiger partial charge is 0.329 e. The first-order chi connectivity index (χ1) is 10.2. The number of likely N-dealkylation sites (N-methyl/N-ethyl adjacent to an activating group) is 1. The molecule has 5 nitrogen and oxygen atoms in total. The standard InChI is InChI=1S/C16H23NO4/c1-17-16(13-5-6-13,15(19)20-2)11-21-14-7-3-12(4-8-14)9-10-18/h3-4,7-8,13,17-18H,5-6,9-11H2,1-2H3. The highest BCUT2D eigenvalue weighted by atomic mass is 16.5. The van der Waals surface area contributed by atoms with Crippen LogP contribution in [0.1, 0.15) is 18.4 Å². The predicted molar refractivity (Wildman–Crippen MR) is 79.3 cm³/mol. The number of carbonyl (C=O) groups is 1. The Kier molecular flexibility index (Phi) is 5.20. The third-order valence-electron chi connectivity index (χ3n) is 4.06. The van der Waals surface area contributed by atoms with Gasteiger partial charge >= 0.3 is 5.97 Å². The molecule has 0 spiro atoms. The second-order valence-corrected chi connectivity index (χ2v) is 5.39. The van der Waals surface area contributed by atoms with Crippen molar-refractivity contribution >= 4 is 5.97 Å². The van der Waals surface area contributed by atoms with Crippen LogP contribution >= 0.6 is 0 Å². The average Bonchev–Trinajstić information content (AvgIpc) is 3.35. The Morgan fingerprint density at radius 1 is 1.38 bits per heavy atom. The summed E-state index contributed by atoms with van der Waals surface area (Å²) in [6.07, 6.45) is 2.65. The first-order valence-electron chi connectivity index (χ1n) is 7.26. The third kappa shape index (κ3) is 3.54. The molecule has 116 valence electrons. The van der Waals surface area contributed by atoms with Gasteiger partial charge in [0.15, 0.2) is 5.54 Å². The lowest BCUT2D eigenvalue weighted by Crippen LogP contribution is -2.57. The molecule has 2 N–H and O–H groups in total. The lowest BCUT2D eigenvalue weighted by molar-refractivity contribution is -0.151. The van der Waals surface area contributed by atoms with E-state index < -0.39 is 5.54 Å². The highest BCUT2D eigenvalue weighted by Crippen LogP contribution is 2.40. The molecule has 2 rings (SSSR count). The quantitative estimate of drug-likeness (QED) is 0.704. The van der Waals surface area contributed by atoms with Crippen molar-refractivity contribution in [3.8, 4) is 5.75 Å². The molecule has 0 aliphatic heterocycles. The van der Waals surface area contributed by atoms with Gasteiger partial charge in [-0.25, -0.2) is 4.79 Å². The molecule has 1 aromatic carbocycles. The Morgan fingerprint density at radius 2 is 2.05 bits per heavy atom. The fraction of sp³-hybridized carbons (Fsp3) is 0.562. The van der Waals surface area contributed by atoms with Crippen LogP contribution in [0.3, 0.4) is 0 Å². The zero-order chi connectivity index (χ0) is 15.3. The number of rotatable bonds is 8. The molecule has 1 aliphatic rings. The molecule has 0 amide bonds. The number of hydrogen-bond acceptors (Lipinski definition) is 5. The molecule has 0 bridgehead atoms. The van der Waals surface area contributed by atoms with Crippen LogP contribution in [0.4, 0.5) is 0 Å². The molecule has 0 saturated heterocycles. The Hall–Kier alpha value is -1.59. The number of hydrogen-bond donors (Lipinski definition) is 2. The van der Waals surface area contributed by atoms with Gasteiger partial charge in [-0.05, 0) is 49.9 Å². The molecule has 21 heavy (non-hydrogen) atoms. The summed E-state index contributed by atoms with van der Waals surface area (Å²) < 4.78 is 10.7. The van der Waals surface area contributed by atoms with Gasteiger partial charge in [0.05, 0.1) is 7.11 Å². The number of benzene rings is 1. The molecular formula is C16H23NO4. The number of ether oxygens (including phenoxy) is 2. The topological polar surface area (TPSA) is 67.8 Å². The maximum absolute atomic E-state index is 12.1. The van der Waals surface area contributed by atoms with E-state index in [-0.39, 0.29) is 25.1 Å². The molecule has 1 saturated carbocycles. The molecule has 0 heterocycles. The normalized spacial score (nSPS) is 17.1. The summed E-state index contributed by atoms with van der Waals surface area (Å²) >= 11 is 0. The molecular weight excluding hydrogens is 270 g/mol. The van der Waals surface area contributed by atoms with Gasteiger partial charge in [0.1, 0.15) is 12.4 Å². The summed E-state index contributed by atoms with van der Waals surface area (Å²) in [5.74, 6) is 0.703. The van der Waals surface area contributed by atoms with Gasteiger partial charge in [0, 0.05) is 6.61 Å². The van der Waals surface area contributed by atoms with Crippen LogP contribution in [-0.2, 0) is 16.0 Å². The van der Waals surface area contributed by atoms with Crippen LogP contribution in [0.2, 0.25) is 0 Å². The molecule has 1 fully saturated rings. The number of esters is 1. The predicted octanol–water partition coefficient (Wildman–Crippen LogP) is 1.14. The van der Waals surface area contributed by atoms with Crippen molar-refractivity contribution in [3.05, 3.63) is 29.8 Å². The molecule has 1 atom stereocenters. The summed E-state index contributed by atoms with van der Waals surface area (Å²) in [6, 6.07) is 7.55. The SMILES string of the molecule is CNC(COc1ccc(CCO)cc1)(C(=O)OC)C1CC1. The number of methoxy groups -OCH3 is 1. The Balaban J connectivity index is 2.02. The van der Waals surface area contributed by atoms with Crippen LogP contribution in [0.15, 0.2) is 24.3 Å². The van der Waals surface area contributed by atoms with E-state index in [1.807, 2.05) is 24.3 Å². The maximum atomic E-state index is 12.1. The minimum Gasteiger partial charge on any atom is -0.491 e. The molecule has 5 heteroatoms. The van der Waals surface area contributed by atoms with Crippen molar-refractivity contribution in [1.29, 1.82) is 0 Å². The van der Waals surface area contributed by atoms with Crippen LogP contribution in [0.25, 0.3) is 0 Å². The lowest BCUT2D eigenvalue weighted by Gasteiger charge is -2.30. The fourth-order valence-corrected chi connectivity index (χ4v) is 2.56. The molecule has 0 aromatic heterocycles. The van der Waals surface area contributed by atoms with Crippen molar-refractivity contribution in [3.63, 3.8) is 0 Å². The van der Waals surface area contributed by atoms with E-state index in [1.165, 1.54) is 7.11 Å². The summed E-state index contributed by atoms with van der Waals surface area (Å²) in [6.45, 7) is 0.382. The van der Waals surface area contributed by atoms with Crippen molar-refractivity contribution in [2.24, 2.45) is 5.92 Å². The van der Waals surface area contributed by atoms with Crippen LogP contribution < -0.4 is 10.1 Å². The maximum Gasteiger partial charge on any atom is 0.329 e. The minimum atomic E-state index is -0.765. The Labute approximate surface area is 125 Å². The van der Waals surface area contributed by atoms with E-state index in [9.17, 15) is 4.79 Å². The van der Waals surface area contributed by atoms with Crippen molar-refractivity contribution in [2.75, 3.05) is 27.4 Å². The molecule has 1 aliphatic carbocycles. The van der Waals surface area contributed by atoms with Crippen LogP contribution in [-0.4, -0.2) is 44.0 Å². The third-order valence-corrected chi connectivity index (χ3v) is 4.06. The van der Waals surface area contributed by atoms with Gasteiger partial charge in [0.25, 0.3) is 0 Å².